The Kier molecular flexibility index (Phi) is 19.3. The van der Waals surface area contributed by atoms with Crippen molar-refractivity contribution in [2.45, 2.75) is 63.8 Å². The number of hydrogen-bond acceptors (Lipinski definition) is 10. The lowest BCUT2D eigenvalue weighted by Crippen LogP contribution is -2.56. The standard InChI is InChI=1S/C31H51N3O10/c1-23(2)21-27(34-31(38)44-20-19-43-18-17-42-16-15-41-14-13-40-12-11-39-3)29(36)33-26(22-24-7-5-4-6-8-24)28(35)30(37)32-25-9-10-25/h4-8,23,25-28,35H,9-22H2,1-3H3,(H,32,37)(H,33,36)(H,34,38)/t26-,27-,28?/m0/s1. The van der Waals surface area contributed by atoms with Crippen molar-refractivity contribution in [1.29, 1.82) is 0 Å². The summed E-state index contributed by atoms with van der Waals surface area (Å²) in [6.45, 7) is 7.63. The number of carbonyl (C=O) groups is 3. The Morgan fingerprint density at radius 2 is 1.34 bits per heavy atom. The summed E-state index contributed by atoms with van der Waals surface area (Å²) in [5.74, 6) is -0.963. The molecule has 3 atom stereocenters. The lowest BCUT2D eigenvalue weighted by molar-refractivity contribution is -0.132. The second-order valence-electron chi connectivity index (χ2n) is 10.9. The van der Waals surface area contributed by atoms with Gasteiger partial charge in [0.25, 0.3) is 5.91 Å². The zero-order valence-corrected chi connectivity index (χ0v) is 26.3. The van der Waals surface area contributed by atoms with E-state index in [-0.39, 0.29) is 31.6 Å². The first kappa shape index (κ1) is 37.4. The number of ether oxygens (including phenoxy) is 6. The highest BCUT2D eigenvalue weighted by Crippen LogP contribution is 2.19. The molecule has 2 rings (SSSR count). The van der Waals surface area contributed by atoms with E-state index in [4.69, 9.17) is 28.4 Å². The van der Waals surface area contributed by atoms with Crippen LogP contribution in [0.4, 0.5) is 4.79 Å². The molecule has 0 heterocycles. The molecule has 1 aromatic rings. The summed E-state index contributed by atoms with van der Waals surface area (Å²) in [7, 11) is 1.62. The molecule has 0 radical (unpaired) electrons. The summed E-state index contributed by atoms with van der Waals surface area (Å²) < 4.78 is 31.6. The Balaban J connectivity index is 1.70. The van der Waals surface area contributed by atoms with E-state index in [1.165, 1.54) is 0 Å². The number of hydrogen-bond donors (Lipinski definition) is 4. The fraction of sp³-hybridized carbons (Fsp3) is 0.710. The van der Waals surface area contributed by atoms with Gasteiger partial charge in [-0.05, 0) is 37.2 Å². The highest BCUT2D eigenvalue weighted by molar-refractivity contribution is 5.87. The maximum absolute atomic E-state index is 13.3. The summed E-state index contributed by atoms with van der Waals surface area (Å²) in [6, 6.07) is 7.53. The van der Waals surface area contributed by atoms with Gasteiger partial charge >= 0.3 is 6.09 Å². The average Bonchev–Trinajstić information content (AvgIpc) is 3.82. The highest BCUT2D eigenvalue weighted by Gasteiger charge is 2.34. The van der Waals surface area contributed by atoms with Gasteiger partial charge in [0.15, 0.2) is 6.10 Å². The zero-order valence-electron chi connectivity index (χ0n) is 26.3. The third-order valence-corrected chi connectivity index (χ3v) is 6.52. The van der Waals surface area contributed by atoms with Crippen LogP contribution in [0.15, 0.2) is 30.3 Å². The highest BCUT2D eigenvalue weighted by atomic mass is 16.6. The molecule has 1 aliphatic carbocycles. The van der Waals surface area contributed by atoms with Gasteiger partial charge in [-0.2, -0.15) is 0 Å². The molecule has 0 aromatic heterocycles. The summed E-state index contributed by atoms with van der Waals surface area (Å²) in [4.78, 5) is 38.4. The van der Waals surface area contributed by atoms with Crippen LogP contribution in [-0.2, 0) is 44.4 Å². The van der Waals surface area contributed by atoms with Crippen LogP contribution >= 0.6 is 0 Å². The second-order valence-corrected chi connectivity index (χ2v) is 10.9. The molecular weight excluding hydrogens is 574 g/mol. The van der Waals surface area contributed by atoms with Crippen molar-refractivity contribution in [3.63, 3.8) is 0 Å². The molecule has 1 unspecified atom stereocenters. The minimum atomic E-state index is -1.45. The number of methoxy groups -OCH3 is 1. The van der Waals surface area contributed by atoms with Crippen molar-refractivity contribution in [2.24, 2.45) is 5.92 Å². The fourth-order valence-corrected chi connectivity index (χ4v) is 4.07. The van der Waals surface area contributed by atoms with Crippen molar-refractivity contribution in [3.8, 4) is 0 Å². The molecule has 0 saturated heterocycles. The Bertz CT molecular complexity index is 933. The molecule has 1 saturated carbocycles. The maximum Gasteiger partial charge on any atom is 0.407 e. The quantitative estimate of drug-likeness (QED) is 0.116. The van der Waals surface area contributed by atoms with Gasteiger partial charge < -0.3 is 49.5 Å². The molecule has 1 aromatic carbocycles. The van der Waals surface area contributed by atoms with Crippen LogP contribution in [0.5, 0.6) is 0 Å². The lowest BCUT2D eigenvalue weighted by Gasteiger charge is -2.27. The third-order valence-electron chi connectivity index (χ3n) is 6.52. The number of nitrogens with one attached hydrogen (secondary N) is 3. The summed E-state index contributed by atoms with van der Waals surface area (Å²) in [5, 5.41) is 19.0. The van der Waals surface area contributed by atoms with Gasteiger partial charge in [0.2, 0.25) is 5.91 Å². The van der Waals surface area contributed by atoms with Crippen molar-refractivity contribution in [3.05, 3.63) is 35.9 Å². The van der Waals surface area contributed by atoms with Gasteiger partial charge in [-0.25, -0.2) is 4.79 Å². The van der Waals surface area contributed by atoms with Gasteiger partial charge in [-0.3, -0.25) is 9.59 Å². The molecule has 0 spiro atoms. The third kappa shape index (κ3) is 17.5. The van der Waals surface area contributed by atoms with E-state index in [0.717, 1.165) is 18.4 Å². The number of amides is 3. The van der Waals surface area contributed by atoms with Gasteiger partial charge in [0.1, 0.15) is 12.6 Å². The number of benzene rings is 1. The molecule has 1 fully saturated rings. The smallest absolute Gasteiger partial charge is 0.407 e. The van der Waals surface area contributed by atoms with Gasteiger partial charge in [-0.1, -0.05) is 44.2 Å². The molecule has 0 aliphatic heterocycles. The van der Waals surface area contributed by atoms with Crippen LogP contribution in [0.1, 0.15) is 38.7 Å². The second kappa shape index (κ2) is 22.7. The first-order valence-corrected chi connectivity index (χ1v) is 15.4. The van der Waals surface area contributed by atoms with Crippen molar-refractivity contribution >= 4 is 17.9 Å². The molecule has 3 amide bonds. The molecular formula is C31H51N3O10. The van der Waals surface area contributed by atoms with E-state index in [2.05, 4.69) is 16.0 Å². The van der Waals surface area contributed by atoms with Gasteiger partial charge in [0, 0.05) is 13.2 Å². The Labute approximate surface area is 260 Å². The molecule has 13 heteroatoms. The molecule has 0 bridgehead atoms. The summed E-state index contributed by atoms with van der Waals surface area (Å²) in [5.41, 5.74) is 0.849. The number of carbonyl (C=O) groups excluding carboxylic acids is 3. The molecule has 4 N–H and O–H groups in total. The van der Waals surface area contributed by atoms with Gasteiger partial charge in [0.05, 0.1) is 65.5 Å². The Morgan fingerprint density at radius 3 is 1.86 bits per heavy atom. The van der Waals surface area contributed by atoms with Gasteiger partial charge in [-0.15, -0.1) is 0 Å². The SMILES string of the molecule is COCCOCCOCCOCCOCCOC(=O)N[C@@H](CC(C)C)C(=O)N[C@@H](Cc1ccccc1)C(O)C(=O)NC1CC1. The first-order chi connectivity index (χ1) is 21.3. The van der Waals surface area contributed by atoms with E-state index < -0.39 is 36.1 Å². The van der Waals surface area contributed by atoms with Crippen LogP contribution in [0, 0.1) is 5.92 Å². The normalized spacial score (nSPS) is 14.9. The lowest BCUT2D eigenvalue weighted by atomic mass is 9.98. The largest absolute Gasteiger partial charge is 0.447 e. The molecule has 1 aliphatic rings. The first-order valence-electron chi connectivity index (χ1n) is 15.4. The molecule has 44 heavy (non-hydrogen) atoms. The van der Waals surface area contributed by atoms with Crippen molar-refractivity contribution < 1.29 is 47.9 Å². The topological polar surface area (TPSA) is 163 Å². The number of aliphatic hydroxyl groups excluding tert-OH is 1. The fourth-order valence-electron chi connectivity index (χ4n) is 4.07. The van der Waals surface area contributed by atoms with E-state index in [1.807, 2.05) is 44.2 Å². The van der Waals surface area contributed by atoms with Crippen LogP contribution in [0.25, 0.3) is 0 Å². The van der Waals surface area contributed by atoms with E-state index in [9.17, 15) is 19.5 Å². The minimum absolute atomic E-state index is 0.00921. The Morgan fingerprint density at radius 1 is 0.795 bits per heavy atom. The predicted octanol–water partition coefficient (Wildman–Crippen LogP) is 1.21. The van der Waals surface area contributed by atoms with E-state index >= 15 is 0 Å². The van der Waals surface area contributed by atoms with Crippen molar-refractivity contribution in [2.75, 3.05) is 73.2 Å². The van der Waals surface area contributed by atoms with Crippen LogP contribution < -0.4 is 16.0 Å². The number of rotatable bonds is 25. The summed E-state index contributed by atoms with van der Waals surface area (Å²) >= 11 is 0. The van der Waals surface area contributed by atoms with E-state index in [1.54, 1.807) is 7.11 Å². The monoisotopic (exact) mass is 625 g/mol. The molecule has 13 nitrogen and oxygen atoms in total. The van der Waals surface area contributed by atoms with Crippen LogP contribution in [0.2, 0.25) is 0 Å². The predicted molar refractivity (Wildman–Crippen MR) is 162 cm³/mol. The summed E-state index contributed by atoms with van der Waals surface area (Å²) in [6.07, 6.45) is 0.104. The zero-order chi connectivity index (χ0) is 32.0. The Hall–Kier alpha value is -2.81. The number of aliphatic hydroxyl groups is 1. The van der Waals surface area contributed by atoms with Crippen LogP contribution in [-0.4, -0.2) is 120 Å². The van der Waals surface area contributed by atoms with Crippen molar-refractivity contribution in [1.82, 2.24) is 16.0 Å². The average molecular weight is 626 g/mol. The van der Waals surface area contributed by atoms with E-state index in [0.29, 0.717) is 59.3 Å². The molecule has 250 valence electrons. The maximum atomic E-state index is 13.3. The van der Waals surface area contributed by atoms with Crippen LogP contribution in [0.3, 0.4) is 0 Å². The minimum Gasteiger partial charge on any atom is -0.447 e. The number of alkyl carbamates (subject to hydrolysis) is 1.